The van der Waals surface area contributed by atoms with Crippen molar-refractivity contribution < 1.29 is 9.53 Å². The largest absolute Gasteiger partial charge is 0.452 e. The fourth-order valence-electron chi connectivity index (χ4n) is 1.38. The van der Waals surface area contributed by atoms with E-state index in [4.69, 9.17) is 0 Å². The summed E-state index contributed by atoms with van der Waals surface area (Å²) in [6, 6.07) is 3.77. The maximum absolute atomic E-state index is 11.3. The molecular weight excluding hydrogens is 168 g/mol. The lowest BCUT2D eigenvalue weighted by molar-refractivity contribution is 0.179. The topological polar surface area (TPSA) is 34.5 Å². The molecule has 1 aromatic rings. The van der Waals surface area contributed by atoms with Crippen LogP contribution in [0.1, 0.15) is 0 Å². The van der Waals surface area contributed by atoms with E-state index in [-0.39, 0.29) is 6.09 Å². The van der Waals surface area contributed by atoms with Crippen molar-refractivity contribution in [3.8, 4) is 0 Å². The van der Waals surface area contributed by atoms with Crippen molar-refractivity contribution in [1.29, 1.82) is 0 Å². The predicted octanol–water partition coefficient (Wildman–Crippen LogP) is 1.55. The Hall–Kier alpha value is -1.71. The van der Waals surface area contributed by atoms with Gasteiger partial charge < -0.3 is 9.30 Å². The van der Waals surface area contributed by atoms with Gasteiger partial charge in [-0.2, -0.15) is 0 Å². The SMILES string of the molecule is COC(=O)N1CC=Cn2cccc21. The van der Waals surface area contributed by atoms with E-state index < -0.39 is 0 Å². The van der Waals surface area contributed by atoms with Crippen LogP contribution in [0, 0.1) is 0 Å². The zero-order valence-electron chi connectivity index (χ0n) is 7.30. The Bertz CT molecular complexity index is 354. The fraction of sp³-hybridized carbons (Fsp3) is 0.222. The van der Waals surface area contributed by atoms with Gasteiger partial charge in [-0.25, -0.2) is 4.79 Å². The molecule has 0 N–H and O–H groups in total. The second kappa shape index (κ2) is 2.97. The molecule has 1 aliphatic heterocycles. The molecule has 68 valence electrons. The lowest BCUT2D eigenvalue weighted by Crippen LogP contribution is -2.33. The third-order valence-electron chi connectivity index (χ3n) is 1.98. The van der Waals surface area contributed by atoms with Gasteiger partial charge in [0.2, 0.25) is 0 Å². The first kappa shape index (κ1) is 7.91. The summed E-state index contributed by atoms with van der Waals surface area (Å²) in [6.07, 6.45) is 5.39. The molecule has 13 heavy (non-hydrogen) atoms. The minimum atomic E-state index is -0.329. The molecule has 0 aliphatic carbocycles. The third-order valence-corrected chi connectivity index (χ3v) is 1.98. The van der Waals surface area contributed by atoms with Crippen molar-refractivity contribution >= 4 is 18.1 Å². The maximum atomic E-state index is 11.3. The number of hydrogen-bond donors (Lipinski definition) is 0. The van der Waals surface area contributed by atoms with Crippen LogP contribution in [0.3, 0.4) is 0 Å². The van der Waals surface area contributed by atoms with Gasteiger partial charge in [0, 0.05) is 12.4 Å². The van der Waals surface area contributed by atoms with E-state index >= 15 is 0 Å². The van der Waals surface area contributed by atoms with Gasteiger partial charge in [-0.15, -0.1) is 0 Å². The Balaban J connectivity index is 2.35. The molecule has 0 saturated carbocycles. The number of ether oxygens (including phenoxy) is 1. The van der Waals surface area contributed by atoms with Crippen LogP contribution < -0.4 is 4.90 Å². The lowest BCUT2D eigenvalue weighted by atomic mass is 10.4. The Morgan fingerprint density at radius 3 is 3.23 bits per heavy atom. The van der Waals surface area contributed by atoms with Gasteiger partial charge in [-0.1, -0.05) is 0 Å². The molecule has 1 amide bonds. The second-order valence-electron chi connectivity index (χ2n) is 2.74. The number of amides is 1. The Morgan fingerprint density at radius 2 is 2.46 bits per heavy atom. The Morgan fingerprint density at radius 1 is 1.62 bits per heavy atom. The number of fused-ring (bicyclic) bond motifs is 1. The molecule has 0 fully saturated rings. The summed E-state index contributed by atoms with van der Waals surface area (Å²) in [4.78, 5) is 12.9. The van der Waals surface area contributed by atoms with Gasteiger partial charge in [0.15, 0.2) is 0 Å². The molecule has 0 atom stereocenters. The van der Waals surface area contributed by atoms with E-state index in [0.29, 0.717) is 6.54 Å². The maximum Gasteiger partial charge on any atom is 0.415 e. The third kappa shape index (κ3) is 1.20. The fourth-order valence-corrected chi connectivity index (χ4v) is 1.38. The number of aromatic nitrogens is 1. The molecule has 1 aliphatic rings. The van der Waals surface area contributed by atoms with Gasteiger partial charge in [0.05, 0.1) is 13.7 Å². The summed E-state index contributed by atoms with van der Waals surface area (Å²) < 4.78 is 6.53. The van der Waals surface area contributed by atoms with Crippen molar-refractivity contribution in [3.63, 3.8) is 0 Å². The van der Waals surface area contributed by atoms with Gasteiger partial charge in [0.25, 0.3) is 0 Å². The van der Waals surface area contributed by atoms with E-state index in [2.05, 4.69) is 4.74 Å². The molecule has 0 spiro atoms. The highest BCUT2D eigenvalue weighted by molar-refractivity contribution is 5.88. The molecule has 0 bridgehead atoms. The smallest absolute Gasteiger partial charge is 0.415 e. The highest BCUT2D eigenvalue weighted by Crippen LogP contribution is 2.20. The lowest BCUT2D eigenvalue weighted by Gasteiger charge is -2.23. The zero-order chi connectivity index (χ0) is 9.26. The number of carbonyl (C=O) groups is 1. The van der Waals surface area contributed by atoms with Gasteiger partial charge in [-0.05, 0) is 18.2 Å². The van der Waals surface area contributed by atoms with E-state index in [1.54, 1.807) is 4.90 Å². The Labute approximate surface area is 76.0 Å². The first-order valence-corrected chi connectivity index (χ1v) is 4.02. The highest BCUT2D eigenvalue weighted by Gasteiger charge is 2.19. The molecule has 4 heteroatoms. The predicted molar refractivity (Wildman–Crippen MR) is 49.5 cm³/mol. The number of hydrogen-bond acceptors (Lipinski definition) is 2. The molecular formula is C9H10N2O2. The average molecular weight is 178 g/mol. The minimum Gasteiger partial charge on any atom is -0.452 e. The number of nitrogens with zero attached hydrogens (tertiary/aromatic N) is 2. The summed E-state index contributed by atoms with van der Waals surface area (Å²) in [5.74, 6) is 0.842. The molecule has 0 aromatic carbocycles. The van der Waals surface area contributed by atoms with Crippen LogP contribution in [0.4, 0.5) is 10.6 Å². The monoisotopic (exact) mass is 178 g/mol. The highest BCUT2D eigenvalue weighted by atomic mass is 16.5. The summed E-state index contributed by atoms with van der Waals surface area (Å²) in [6.45, 7) is 0.566. The summed E-state index contributed by atoms with van der Waals surface area (Å²) in [5.41, 5.74) is 0. The van der Waals surface area contributed by atoms with Gasteiger partial charge >= 0.3 is 6.09 Å². The number of rotatable bonds is 0. The van der Waals surface area contributed by atoms with Crippen molar-refractivity contribution in [2.24, 2.45) is 0 Å². The van der Waals surface area contributed by atoms with Crippen LogP contribution in [0.15, 0.2) is 24.4 Å². The van der Waals surface area contributed by atoms with Crippen molar-refractivity contribution in [3.05, 3.63) is 24.4 Å². The first-order chi connectivity index (χ1) is 6.33. The molecule has 0 radical (unpaired) electrons. The van der Waals surface area contributed by atoms with E-state index in [0.717, 1.165) is 5.82 Å². The summed E-state index contributed by atoms with van der Waals surface area (Å²) >= 11 is 0. The number of carbonyl (C=O) groups excluding carboxylic acids is 1. The van der Waals surface area contributed by atoms with Crippen LogP contribution in [0.25, 0.3) is 6.20 Å². The van der Waals surface area contributed by atoms with Crippen LogP contribution in [0.5, 0.6) is 0 Å². The molecule has 0 saturated heterocycles. The summed E-state index contributed by atoms with van der Waals surface area (Å²) in [5, 5.41) is 0. The van der Waals surface area contributed by atoms with Crippen molar-refractivity contribution in [1.82, 2.24) is 4.57 Å². The molecule has 0 unspecified atom stereocenters. The minimum absolute atomic E-state index is 0.329. The molecule has 2 heterocycles. The van der Waals surface area contributed by atoms with Gasteiger partial charge in [-0.3, -0.25) is 4.90 Å². The van der Waals surface area contributed by atoms with E-state index in [1.165, 1.54) is 7.11 Å². The number of anilines is 1. The first-order valence-electron chi connectivity index (χ1n) is 4.02. The van der Waals surface area contributed by atoms with E-state index in [9.17, 15) is 4.79 Å². The van der Waals surface area contributed by atoms with Crippen LogP contribution >= 0.6 is 0 Å². The second-order valence-corrected chi connectivity index (χ2v) is 2.74. The average Bonchev–Trinajstić information content (AvgIpc) is 2.63. The van der Waals surface area contributed by atoms with Crippen molar-refractivity contribution in [2.75, 3.05) is 18.6 Å². The standard InChI is InChI=1S/C9H10N2O2/c1-13-9(12)11-7-3-6-10-5-2-4-8(10)11/h2-6H,7H2,1H3. The quantitative estimate of drug-likeness (QED) is 0.604. The van der Waals surface area contributed by atoms with Crippen molar-refractivity contribution in [2.45, 2.75) is 0 Å². The normalized spacial score (nSPS) is 14.1. The van der Waals surface area contributed by atoms with Crippen LogP contribution in [-0.4, -0.2) is 24.3 Å². The van der Waals surface area contributed by atoms with Gasteiger partial charge in [0.1, 0.15) is 5.82 Å². The molecule has 1 aromatic heterocycles. The zero-order valence-corrected chi connectivity index (χ0v) is 7.30. The van der Waals surface area contributed by atoms with Crippen LogP contribution in [0.2, 0.25) is 0 Å². The van der Waals surface area contributed by atoms with E-state index in [1.807, 2.05) is 35.2 Å². The molecule has 4 nitrogen and oxygen atoms in total. The van der Waals surface area contributed by atoms with Crippen LogP contribution in [-0.2, 0) is 4.74 Å². The molecule has 2 rings (SSSR count). The number of methoxy groups -OCH3 is 1. The Kier molecular flexibility index (Phi) is 1.81. The summed E-state index contributed by atoms with van der Waals surface area (Å²) in [7, 11) is 1.38.